The molecule has 0 aliphatic heterocycles. The van der Waals surface area contributed by atoms with Crippen LogP contribution >= 0.6 is 0 Å². The second kappa shape index (κ2) is 11.8. The van der Waals surface area contributed by atoms with Crippen molar-refractivity contribution >= 4 is 43.9 Å². The van der Waals surface area contributed by atoms with Crippen LogP contribution in [0.5, 0.6) is 11.6 Å². The molecule has 9 nitrogen and oxygen atoms in total. The van der Waals surface area contributed by atoms with Gasteiger partial charge in [-0.05, 0) is 82.5 Å². The first kappa shape index (κ1) is 28.9. The third kappa shape index (κ3) is 6.13. The molecular formula is C33H27FN4O5S. The van der Waals surface area contributed by atoms with Gasteiger partial charge in [0, 0.05) is 12.3 Å². The summed E-state index contributed by atoms with van der Waals surface area (Å²) in [6.07, 6.45) is 9.21. The number of aromatic nitrogens is 4. The average Bonchev–Trinajstić information content (AvgIpc) is 3.35. The van der Waals surface area contributed by atoms with Gasteiger partial charge in [-0.25, -0.2) is 23.2 Å². The molecular weight excluding hydrogens is 583 g/mol. The highest BCUT2D eigenvalue weighted by Crippen LogP contribution is 2.45. The molecule has 1 aliphatic rings. The Bertz CT molecular complexity index is 2010. The standard InChI is InChI=1S/C33H27FN4O5S/c1-44(41,42)29-19-35-28(18-36-29)43-25-13-10-23(11-14-25)31(21-3-2-4-21)32(22-8-5-20(6-9-22)7-16-30(39)40)24-12-15-27-26(17-24)33(34)38-37-27/h5-19,21H,2-4H2,1H3,(H,37,38)(H,39,40)/b16-7+,32-31+. The zero-order valence-corrected chi connectivity index (χ0v) is 24.4. The second-order valence-electron chi connectivity index (χ2n) is 10.6. The Labute approximate surface area is 252 Å². The minimum absolute atomic E-state index is 0.137. The molecule has 2 N–H and O–H groups in total. The highest BCUT2D eigenvalue weighted by atomic mass is 32.2. The number of nitrogens with zero attached hydrogens (tertiary/aromatic N) is 3. The van der Waals surface area contributed by atoms with Crippen molar-refractivity contribution in [1.29, 1.82) is 0 Å². The van der Waals surface area contributed by atoms with E-state index in [1.54, 1.807) is 6.07 Å². The Morgan fingerprint density at radius 1 is 0.977 bits per heavy atom. The zero-order chi connectivity index (χ0) is 30.8. The van der Waals surface area contributed by atoms with Crippen molar-refractivity contribution in [3.63, 3.8) is 0 Å². The van der Waals surface area contributed by atoms with Crippen molar-refractivity contribution in [1.82, 2.24) is 20.2 Å². The smallest absolute Gasteiger partial charge is 0.328 e. The maximum absolute atomic E-state index is 14.6. The number of carboxylic acid groups (broad SMARTS) is 1. The van der Waals surface area contributed by atoms with Gasteiger partial charge < -0.3 is 9.84 Å². The van der Waals surface area contributed by atoms with E-state index in [0.29, 0.717) is 16.7 Å². The lowest BCUT2D eigenvalue weighted by Gasteiger charge is -2.31. The Morgan fingerprint density at radius 2 is 1.68 bits per heavy atom. The number of sulfone groups is 1. The monoisotopic (exact) mass is 610 g/mol. The number of nitrogens with one attached hydrogen (secondary N) is 1. The number of carboxylic acids is 1. The van der Waals surface area contributed by atoms with Gasteiger partial charge in [0.05, 0.1) is 23.3 Å². The fourth-order valence-electron chi connectivity index (χ4n) is 5.20. The molecule has 0 radical (unpaired) electrons. The van der Waals surface area contributed by atoms with Crippen molar-refractivity contribution in [2.24, 2.45) is 5.92 Å². The molecule has 0 amide bonds. The molecule has 1 fully saturated rings. The zero-order valence-electron chi connectivity index (χ0n) is 23.6. The normalized spacial score (nSPS) is 14.4. The number of carbonyl (C=O) groups is 1. The first-order valence-corrected chi connectivity index (χ1v) is 15.7. The maximum Gasteiger partial charge on any atom is 0.328 e. The molecule has 0 spiro atoms. The largest absolute Gasteiger partial charge is 0.478 e. The van der Waals surface area contributed by atoms with Crippen LogP contribution in [0.2, 0.25) is 0 Å². The van der Waals surface area contributed by atoms with Crippen molar-refractivity contribution < 1.29 is 27.4 Å². The molecule has 2 aromatic heterocycles. The van der Waals surface area contributed by atoms with E-state index in [9.17, 15) is 17.6 Å². The van der Waals surface area contributed by atoms with E-state index in [4.69, 9.17) is 9.84 Å². The highest BCUT2D eigenvalue weighted by molar-refractivity contribution is 7.90. The van der Waals surface area contributed by atoms with Crippen LogP contribution in [-0.4, -0.2) is 45.9 Å². The number of ether oxygens (including phenoxy) is 1. The van der Waals surface area contributed by atoms with Crippen LogP contribution < -0.4 is 4.74 Å². The molecule has 0 atom stereocenters. The van der Waals surface area contributed by atoms with Crippen LogP contribution in [-0.2, 0) is 14.6 Å². The predicted octanol–water partition coefficient (Wildman–Crippen LogP) is 6.54. The van der Waals surface area contributed by atoms with Gasteiger partial charge in [0.25, 0.3) is 0 Å². The molecule has 0 bridgehead atoms. The van der Waals surface area contributed by atoms with Gasteiger partial charge in [-0.15, -0.1) is 5.10 Å². The minimum Gasteiger partial charge on any atom is -0.478 e. The number of hydrogen-bond donors (Lipinski definition) is 2. The molecule has 3 aromatic carbocycles. The number of benzene rings is 3. The summed E-state index contributed by atoms with van der Waals surface area (Å²) in [5.74, 6) is -0.672. The van der Waals surface area contributed by atoms with Crippen LogP contribution in [0.4, 0.5) is 4.39 Å². The van der Waals surface area contributed by atoms with Gasteiger partial charge >= 0.3 is 5.97 Å². The average molecular weight is 611 g/mol. The Morgan fingerprint density at radius 3 is 2.30 bits per heavy atom. The molecule has 222 valence electrons. The van der Waals surface area contributed by atoms with Gasteiger partial charge in [-0.3, -0.25) is 5.10 Å². The summed E-state index contributed by atoms with van der Waals surface area (Å²) < 4.78 is 43.8. The van der Waals surface area contributed by atoms with E-state index < -0.39 is 21.8 Å². The maximum atomic E-state index is 14.6. The van der Waals surface area contributed by atoms with E-state index in [-0.39, 0.29) is 16.8 Å². The summed E-state index contributed by atoms with van der Waals surface area (Å²) in [7, 11) is -3.47. The van der Waals surface area contributed by atoms with Gasteiger partial charge in [0.15, 0.2) is 14.9 Å². The molecule has 44 heavy (non-hydrogen) atoms. The number of hydrogen-bond acceptors (Lipinski definition) is 7. The first-order chi connectivity index (χ1) is 21.2. The number of aliphatic carboxylic acids is 1. The van der Waals surface area contributed by atoms with E-state index in [0.717, 1.165) is 71.2 Å². The first-order valence-electron chi connectivity index (χ1n) is 13.9. The van der Waals surface area contributed by atoms with Gasteiger partial charge in [0.2, 0.25) is 11.8 Å². The second-order valence-corrected chi connectivity index (χ2v) is 12.5. The molecule has 2 heterocycles. The van der Waals surface area contributed by atoms with Crippen molar-refractivity contribution in [3.05, 3.63) is 113 Å². The van der Waals surface area contributed by atoms with Crippen LogP contribution in [0.25, 0.3) is 28.1 Å². The molecule has 0 unspecified atom stereocenters. The lowest BCUT2D eigenvalue weighted by atomic mass is 9.73. The Balaban J connectivity index is 1.43. The number of rotatable bonds is 9. The van der Waals surface area contributed by atoms with Crippen LogP contribution in [0, 0.1) is 11.9 Å². The number of fused-ring (bicyclic) bond motifs is 1. The Kier molecular flexibility index (Phi) is 7.79. The molecule has 0 saturated heterocycles. The van der Waals surface area contributed by atoms with E-state index in [1.165, 1.54) is 12.3 Å². The topological polar surface area (TPSA) is 135 Å². The predicted molar refractivity (Wildman–Crippen MR) is 164 cm³/mol. The van der Waals surface area contributed by atoms with Gasteiger partial charge in [-0.1, -0.05) is 48.9 Å². The minimum atomic E-state index is -3.47. The summed E-state index contributed by atoms with van der Waals surface area (Å²) in [6, 6.07) is 20.7. The number of halogens is 1. The number of aromatic amines is 1. The summed E-state index contributed by atoms with van der Waals surface area (Å²) in [6.45, 7) is 0. The van der Waals surface area contributed by atoms with Crippen molar-refractivity contribution in [3.8, 4) is 11.6 Å². The molecule has 1 saturated carbocycles. The molecule has 5 aromatic rings. The van der Waals surface area contributed by atoms with Crippen LogP contribution in [0.1, 0.15) is 41.5 Å². The lowest BCUT2D eigenvalue weighted by molar-refractivity contribution is -0.131. The van der Waals surface area contributed by atoms with Crippen LogP contribution in [0.3, 0.4) is 0 Å². The van der Waals surface area contributed by atoms with Gasteiger partial charge in [0.1, 0.15) is 5.75 Å². The lowest BCUT2D eigenvalue weighted by Crippen LogP contribution is -2.15. The van der Waals surface area contributed by atoms with E-state index in [2.05, 4.69) is 20.2 Å². The van der Waals surface area contributed by atoms with Gasteiger partial charge in [-0.2, -0.15) is 4.39 Å². The molecule has 11 heteroatoms. The third-order valence-electron chi connectivity index (χ3n) is 7.58. The summed E-state index contributed by atoms with van der Waals surface area (Å²) in [5.41, 5.74) is 6.10. The number of allylic oxidation sites excluding steroid dienone is 1. The van der Waals surface area contributed by atoms with Crippen molar-refractivity contribution in [2.75, 3.05) is 6.26 Å². The summed E-state index contributed by atoms with van der Waals surface area (Å²) >= 11 is 0. The highest BCUT2D eigenvalue weighted by Gasteiger charge is 2.27. The summed E-state index contributed by atoms with van der Waals surface area (Å²) in [4.78, 5) is 19.0. The van der Waals surface area contributed by atoms with Crippen molar-refractivity contribution in [2.45, 2.75) is 24.3 Å². The number of H-pyrrole nitrogens is 1. The van der Waals surface area contributed by atoms with Crippen LogP contribution in [0.15, 0.2) is 90.2 Å². The Hall–Kier alpha value is -5.16. The fraction of sp³-hybridized carbons (Fsp3) is 0.152. The molecule has 1 aliphatic carbocycles. The van der Waals surface area contributed by atoms with E-state index >= 15 is 0 Å². The summed E-state index contributed by atoms with van der Waals surface area (Å²) in [5, 5.41) is 15.7. The molecule has 6 rings (SSSR count). The third-order valence-corrected chi connectivity index (χ3v) is 8.55. The SMILES string of the molecule is CS(=O)(=O)c1cnc(Oc2ccc(/C(=C(\c3ccc(/C=C/C(=O)O)cc3)c3ccc4[nH]nc(F)c4c3)C3CCC3)cc2)cn1. The fourth-order valence-corrected chi connectivity index (χ4v) is 5.68. The quantitative estimate of drug-likeness (QED) is 0.142. The van der Waals surface area contributed by atoms with E-state index in [1.807, 2.05) is 60.7 Å².